The summed E-state index contributed by atoms with van der Waals surface area (Å²) in [6.07, 6.45) is 5.54. The molecular formula is C28H22N2O2S. The highest BCUT2D eigenvalue weighted by Crippen LogP contribution is 2.30. The Balaban J connectivity index is 1.46. The molecule has 5 aromatic rings. The zero-order valence-electron chi connectivity index (χ0n) is 18.4. The van der Waals surface area contributed by atoms with Crippen LogP contribution >= 0.6 is 11.3 Å². The van der Waals surface area contributed by atoms with Crippen LogP contribution in [0.1, 0.15) is 20.9 Å². The van der Waals surface area contributed by atoms with Gasteiger partial charge in [0, 0.05) is 22.2 Å². The summed E-state index contributed by atoms with van der Waals surface area (Å²) >= 11 is 1.63. The first-order chi connectivity index (χ1) is 16.1. The number of ether oxygens (including phenoxy) is 1. The summed E-state index contributed by atoms with van der Waals surface area (Å²) in [5.74, 6) is 0.749. The maximum atomic E-state index is 12.9. The van der Waals surface area contributed by atoms with Gasteiger partial charge in [-0.2, -0.15) is 0 Å². The number of methoxy groups -OCH3 is 1. The Labute approximate surface area is 196 Å². The van der Waals surface area contributed by atoms with Gasteiger partial charge in [0.2, 0.25) is 0 Å². The number of carbonyl (C=O) groups is 1. The van der Waals surface area contributed by atoms with Gasteiger partial charge in [0.05, 0.1) is 18.5 Å². The standard InChI is InChI=1S/C28H22N2O2S/c1-19-18-30-25(27(29-28(30)33-19)23-12-14-24(32-2)15-13-23)16-17-26(31)22-10-8-21(9-11-22)20-6-4-3-5-7-20/h3-18H,1-2H3. The minimum Gasteiger partial charge on any atom is -0.497 e. The first-order valence-corrected chi connectivity index (χ1v) is 11.4. The Kier molecular flexibility index (Phi) is 5.63. The molecule has 4 nitrogen and oxygen atoms in total. The van der Waals surface area contributed by atoms with Crippen molar-refractivity contribution >= 4 is 28.2 Å². The molecule has 0 N–H and O–H groups in total. The molecule has 0 saturated heterocycles. The summed E-state index contributed by atoms with van der Waals surface area (Å²) in [5.41, 5.74) is 5.57. The van der Waals surface area contributed by atoms with Crippen molar-refractivity contribution in [3.05, 3.63) is 107 Å². The molecule has 0 aliphatic carbocycles. The van der Waals surface area contributed by atoms with Crippen LogP contribution in [0.15, 0.2) is 91.1 Å². The molecule has 0 saturated carbocycles. The summed E-state index contributed by atoms with van der Waals surface area (Å²) in [6, 6.07) is 25.7. The van der Waals surface area contributed by atoms with E-state index < -0.39 is 0 Å². The van der Waals surface area contributed by atoms with Crippen molar-refractivity contribution < 1.29 is 9.53 Å². The van der Waals surface area contributed by atoms with E-state index in [1.54, 1.807) is 24.5 Å². The van der Waals surface area contributed by atoms with Crippen LogP contribution in [0.3, 0.4) is 0 Å². The van der Waals surface area contributed by atoms with Crippen molar-refractivity contribution in [3.8, 4) is 28.1 Å². The molecule has 5 rings (SSSR count). The van der Waals surface area contributed by atoms with Crippen LogP contribution in [-0.4, -0.2) is 22.3 Å². The molecule has 0 aliphatic heterocycles. The largest absolute Gasteiger partial charge is 0.497 e. The number of hydrogen-bond donors (Lipinski definition) is 0. The van der Waals surface area contributed by atoms with E-state index in [1.165, 1.54) is 0 Å². The Morgan fingerprint density at radius 3 is 2.27 bits per heavy atom. The second-order valence-corrected chi connectivity index (χ2v) is 8.92. The number of benzene rings is 3. The van der Waals surface area contributed by atoms with Gasteiger partial charge >= 0.3 is 0 Å². The third kappa shape index (κ3) is 4.23. The Morgan fingerprint density at radius 2 is 1.58 bits per heavy atom. The number of imidazole rings is 1. The second kappa shape index (κ2) is 8.88. The summed E-state index contributed by atoms with van der Waals surface area (Å²) in [6.45, 7) is 2.05. The van der Waals surface area contributed by atoms with Gasteiger partial charge in [0.1, 0.15) is 5.75 Å². The Hall–Kier alpha value is -3.96. The minimum atomic E-state index is -0.0443. The fourth-order valence-electron chi connectivity index (χ4n) is 3.80. The van der Waals surface area contributed by atoms with Crippen molar-refractivity contribution in [2.75, 3.05) is 7.11 Å². The molecular weight excluding hydrogens is 428 g/mol. The van der Waals surface area contributed by atoms with Crippen molar-refractivity contribution in [1.29, 1.82) is 0 Å². The predicted molar refractivity (Wildman–Crippen MR) is 135 cm³/mol. The summed E-state index contributed by atoms with van der Waals surface area (Å²) in [4.78, 5) is 19.8. The van der Waals surface area contributed by atoms with Crippen LogP contribution in [0.5, 0.6) is 5.75 Å². The number of hydrogen-bond acceptors (Lipinski definition) is 4. The highest BCUT2D eigenvalue weighted by Gasteiger charge is 2.15. The summed E-state index contributed by atoms with van der Waals surface area (Å²) < 4.78 is 7.32. The molecule has 2 aromatic heterocycles. The quantitative estimate of drug-likeness (QED) is 0.208. The number of aromatic nitrogens is 2. The Bertz CT molecular complexity index is 1440. The van der Waals surface area contributed by atoms with E-state index in [-0.39, 0.29) is 5.78 Å². The molecule has 5 heteroatoms. The lowest BCUT2D eigenvalue weighted by molar-refractivity contribution is 0.104. The molecule has 0 spiro atoms. The molecule has 0 bridgehead atoms. The van der Waals surface area contributed by atoms with Gasteiger partial charge < -0.3 is 4.74 Å². The van der Waals surface area contributed by atoms with Crippen molar-refractivity contribution in [1.82, 2.24) is 9.38 Å². The fourth-order valence-corrected chi connectivity index (χ4v) is 4.63. The van der Waals surface area contributed by atoms with Crippen LogP contribution in [0.25, 0.3) is 33.4 Å². The van der Waals surface area contributed by atoms with Crippen molar-refractivity contribution in [2.24, 2.45) is 0 Å². The van der Waals surface area contributed by atoms with Gasteiger partial charge in [-0.15, -0.1) is 11.3 Å². The topological polar surface area (TPSA) is 43.6 Å². The lowest BCUT2D eigenvalue weighted by Crippen LogP contribution is -1.95. The van der Waals surface area contributed by atoms with Crippen molar-refractivity contribution in [2.45, 2.75) is 6.92 Å². The zero-order valence-corrected chi connectivity index (χ0v) is 19.2. The van der Waals surface area contributed by atoms with Gasteiger partial charge in [0.25, 0.3) is 0 Å². The molecule has 2 heterocycles. The molecule has 3 aromatic carbocycles. The Morgan fingerprint density at radius 1 is 0.909 bits per heavy atom. The van der Waals surface area contributed by atoms with Gasteiger partial charge in [-0.25, -0.2) is 4.98 Å². The first kappa shape index (κ1) is 20.9. The SMILES string of the molecule is COc1ccc(-c2nc3sc(C)cn3c2C=CC(=O)c2ccc(-c3ccccc3)cc2)cc1. The van der Waals surface area contributed by atoms with E-state index in [0.717, 1.165) is 43.7 Å². The molecule has 162 valence electrons. The van der Waals surface area contributed by atoms with Gasteiger partial charge in [-0.1, -0.05) is 54.6 Å². The molecule has 0 atom stereocenters. The maximum Gasteiger partial charge on any atom is 0.194 e. The molecule has 0 amide bonds. The van der Waals surface area contributed by atoms with E-state index >= 15 is 0 Å². The van der Waals surface area contributed by atoms with Gasteiger partial charge in [-0.3, -0.25) is 9.20 Å². The van der Waals surface area contributed by atoms with E-state index in [0.29, 0.717) is 5.56 Å². The number of carbonyl (C=O) groups excluding carboxylic acids is 1. The average molecular weight is 451 g/mol. The molecule has 0 aliphatic rings. The molecule has 33 heavy (non-hydrogen) atoms. The number of aryl methyl sites for hydroxylation is 1. The van der Waals surface area contributed by atoms with E-state index in [2.05, 4.69) is 25.3 Å². The summed E-state index contributed by atoms with van der Waals surface area (Å²) in [5, 5.41) is 0. The highest BCUT2D eigenvalue weighted by atomic mass is 32.1. The smallest absolute Gasteiger partial charge is 0.194 e. The van der Waals surface area contributed by atoms with Crippen LogP contribution in [-0.2, 0) is 0 Å². The lowest BCUT2D eigenvalue weighted by Gasteiger charge is -2.04. The van der Waals surface area contributed by atoms with Gasteiger partial charge in [-0.05, 0) is 54.5 Å². The number of rotatable bonds is 6. The van der Waals surface area contributed by atoms with E-state index in [1.807, 2.05) is 77.2 Å². The van der Waals surface area contributed by atoms with Crippen LogP contribution < -0.4 is 4.74 Å². The minimum absolute atomic E-state index is 0.0443. The molecule has 0 radical (unpaired) electrons. The molecule has 0 fully saturated rings. The third-order valence-corrected chi connectivity index (χ3v) is 6.41. The van der Waals surface area contributed by atoms with Crippen molar-refractivity contribution in [3.63, 3.8) is 0 Å². The summed E-state index contributed by atoms with van der Waals surface area (Å²) in [7, 11) is 1.65. The predicted octanol–water partition coefficient (Wildman–Crippen LogP) is 6.94. The fraction of sp³-hybridized carbons (Fsp3) is 0.0714. The number of ketones is 1. The number of thiazole rings is 1. The monoisotopic (exact) mass is 450 g/mol. The van der Waals surface area contributed by atoms with Crippen LogP contribution in [0.2, 0.25) is 0 Å². The van der Waals surface area contributed by atoms with Crippen LogP contribution in [0.4, 0.5) is 0 Å². The highest BCUT2D eigenvalue weighted by molar-refractivity contribution is 7.17. The number of fused-ring (bicyclic) bond motifs is 1. The van der Waals surface area contributed by atoms with E-state index in [9.17, 15) is 4.79 Å². The first-order valence-electron chi connectivity index (χ1n) is 10.6. The number of allylic oxidation sites excluding steroid dienone is 1. The van der Waals surface area contributed by atoms with Gasteiger partial charge in [0.15, 0.2) is 10.7 Å². The normalized spacial score (nSPS) is 11.3. The van der Waals surface area contributed by atoms with E-state index in [4.69, 9.17) is 9.72 Å². The number of nitrogens with zero attached hydrogens (tertiary/aromatic N) is 2. The second-order valence-electron chi connectivity index (χ2n) is 7.71. The zero-order chi connectivity index (χ0) is 22.8. The average Bonchev–Trinajstić information content (AvgIpc) is 3.39. The third-order valence-electron chi connectivity index (χ3n) is 5.51. The lowest BCUT2D eigenvalue weighted by atomic mass is 10.0. The molecule has 0 unspecified atom stereocenters. The van der Waals surface area contributed by atoms with Crippen LogP contribution in [0, 0.1) is 6.92 Å². The maximum absolute atomic E-state index is 12.9.